The fourth-order valence-electron chi connectivity index (χ4n) is 3.63. The van der Waals surface area contributed by atoms with Crippen molar-refractivity contribution >= 4 is 11.1 Å². The molecule has 0 amide bonds. The summed E-state index contributed by atoms with van der Waals surface area (Å²) in [6.07, 6.45) is 2.12. The smallest absolute Gasteiger partial charge is 0.353 e. The summed E-state index contributed by atoms with van der Waals surface area (Å²) in [5.41, 5.74) is 1.79. The molecule has 1 fully saturated rings. The molecule has 29 heavy (non-hydrogen) atoms. The third-order valence-electron chi connectivity index (χ3n) is 5.30. The van der Waals surface area contributed by atoms with Gasteiger partial charge in [-0.05, 0) is 24.5 Å². The van der Waals surface area contributed by atoms with Gasteiger partial charge < -0.3 is 19.4 Å². The van der Waals surface area contributed by atoms with E-state index in [4.69, 9.17) is 10.5 Å². The summed E-state index contributed by atoms with van der Waals surface area (Å²) >= 11 is 0. The van der Waals surface area contributed by atoms with Crippen molar-refractivity contribution in [1.29, 1.82) is 0 Å². The number of unbranched alkanes of at least 4 members (excludes halogenated alkanes) is 2. The fourth-order valence-corrected chi connectivity index (χ4v) is 3.63. The van der Waals surface area contributed by atoms with Crippen LogP contribution in [0.3, 0.4) is 0 Å². The maximum Gasteiger partial charge on any atom is 0.353 e. The highest BCUT2D eigenvalue weighted by atomic mass is 16.5. The second kappa shape index (κ2) is 8.49. The summed E-state index contributed by atoms with van der Waals surface area (Å²) < 4.78 is 20.4. The molecule has 1 aromatic carbocycles. The van der Waals surface area contributed by atoms with Crippen molar-refractivity contribution in [2.24, 2.45) is 0 Å². The molecule has 154 valence electrons. The molecule has 3 aromatic rings. The van der Waals surface area contributed by atoms with Gasteiger partial charge in [-0.1, -0.05) is 44.0 Å². The summed E-state index contributed by atoms with van der Waals surface area (Å²) in [4.78, 5) is 16.4. The van der Waals surface area contributed by atoms with E-state index in [2.05, 4.69) is 24.0 Å². The normalized spacial score (nSPS) is 24.9. The van der Waals surface area contributed by atoms with Crippen LogP contribution >= 0.6 is 0 Å². The van der Waals surface area contributed by atoms with Gasteiger partial charge in [0.25, 0.3) is 0 Å². The lowest BCUT2D eigenvalue weighted by Gasteiger charge is -2.13. The number of nitrogens with zero attached hydrogens (tertiary/aromatic N) is 2. The maximum atomic E-state index is 12.4. The van der Waals surface area contributed by atoms with Crippen LogP contribution in [0.2, 0.25) is 0 Å². The van der Waals surface area contributed by atoms with E-state index in [-0.39, 0.29) is 12.1 Å². The number of rotatable bonds is 7. The molecule has 0 aliphatic carbocycles. The number of aromatic nitrogens is 2. The van der Waals surface area contributed by atoms with Crippen LogP contribution in [0.1, 0.15) is 45.8 Å². The molecule has 7 heteroatoms. The average molecular weight is 399 g/mol. The van der Waals surface area contributed by atoms with Gasteiger partial charge in [-0.15, -0.1) is 0 Å². The van der Waals surface area contributed by atoms with Gasteiger partial charge in [0.2, 0.25) is 5.71 Å². The van der Waals surface area contributed by atoms with Gasteiger partial charge in [0.05, 0.1) is 19.4 Å². The first-order valence-electron chi connectivity index (χ1n) is 10.5. The summed E-state index contributed by atoms with van der Waals surface area (Å²) in [6.45, 7) is 1.68. The first-order chi connectivity index (χ1) is 14.4. The molecule has 1 unspecified atom stereocenters. The van der Waals surface area contributed by atoms with Crippen molar-refractivity contribution in [3.8, 4) is 11.3 Å². The van der Waals surface area contributed by atoms with Crippen LogP contribution in [0.4, 0.5) is 0 Å². The van der Waals surface area contributed by atoms with Gasteiger partial charge in [0.1, 0.15) is 18.1 Å². The minimum atomic E-state index is -1.96. The number of ether oxygens (including phenoxy) is 1. The van der Waals surface area contributed by atoms with Crippen molar-refractivity contribution < 1.29 is 20.7 Å². The predicted molar refractivity (Wildman–Crippen MR) is 109 cm³/mol. The van der Waals surface area contributed by atoms with E-state index < -0.39 is 30.7 Å². The SMILES string of the molecule is [2H][C@]1(O)CC(n2cc3cc(-c4ccc(CCCCC)cc4)oc3nc2=O)O[C@@H]1CO. The van der Waals surface area contributed by atoms with Crippen molar-refractivity contribution in [1.82, 2.24) is 9.55 Å². The van der Waals surface area contributed by atoms with E-state index >= 15 is 0 Å². The molecular formula is C22H26N2O5. The lowest BCUT2D eigenvalue weighted by Crippen LogP contribution is -2.27. The van der Waals surface area contributed by atoms with Gasteiger partial charge in [-0.3, -0.25) is 4.57 Å². The van der Waals surface area contributed by atoms with Crippen LogP contribution in [0, 0.1) is 0 Å². The molecule has 1 aliphatic rings. The molecule has 7 nitrogen and oxygen atoms in total. The molecule has 4 rings (SSSR count). The van der Waals surface area contributed by atoms with Crippen LogP contribution in [-0.2, 0) is 11.2 Å². The zero-order valence-electron chi connectivity index (χ0n) is 17.4. The molecule has 2 aromatic heterocycles. The summed E-state index contributed by atoms with van der Waals surface area (Å²) in [5, 5.41) is 20.0. The largest absolute Gasteiger partial charge is 0.437 e. The quantitative estimate of drug-likeness (QED) is 0.593. The Morgan fingerprint density at radius 3 is 2.79 bits per heavy atom. The summed E-state index contributed by atoms with van der Waals surface area (Å²) in [5.74, 6) is 0.604. The molecule has 2 N–H and O–H groups in total. The predicted octanol–water partition coefficient (Wildman–Crippen LogP) is 3.03. The Morgan fingerprint density at radius 1 is 1.31 bits per heavy atom. The van der Waals surface area contributed by atoms with Crippen molar-refractivity contribution in [3.63, 3.8) is 0 Å². The highest BCUT2D eigenvalue weighted by Gasteiger charge is 2.35. The van der Waals surface area contributed by atoms with Crippen LogP contribution in [0.15, 0.2) is 45.7 Å². The first kappa shape index (κ1) is 18.5. The summed E-state index contributed by atoms with van der Waals surface area (Å²) in [7, 11) is 0. The second-order valence-electron chi connectivity index (χ2n) is 7.41. The lowest BCUT2D eigenvalue weighted by atomic mass is 10.0. The molecular weight excluding hydrogens is 372 g/mol. The van der Waals surface area contributed by atoms with Gasteiger partial charge in [-0.25, -0.2) is 4.79 Å². The van der Waals surface area contributed by atoms with Crippen LogP contribution in [0.25, 0.3) is 22.4 Å². The standard InChI is InChI=1S/C22H26N2O5/c1-2-3-4-5-14-6-8-15(9-7-14)18-10-16-12-24(22(27)23-21(16)29-18)20-11-17(26)19(13-25)28-20/h6-10,12,17,19-20,25-26H,2-5,11,13H2,1H3/t17-,19+,20?/m0/s1/i17D. The van der Waals surface area contributed by atoms with Crippen molar-refractivity contribution in [2.45, 2.75) is 57.4 Å². The fraction of sp³-hybridized carbons (Fsp3) is 0.455. The Balaban J connectivity index is 1.59. The van der Waals surface area contributed by atoms with E-state index in [9.17, 15) is 15.0 Å². The van der Waals surface area contributed by atoms with E-state index in [0.29, 0.717) is 11.1 Å². The monoisotopic (exact) mass is 399 g/mol. The highest BCUT2D eigenvalue weighted by molar-refractivity contribution is 5.79. The van der Waals surface area contributed by atoms with Crippen molar-refractivity contribution in [3.05, 3.63) is 52.6 Å². The number of hydrogen-bond acceptors (Lipinski definition) is 6. The third kappa shape index (κ3) is 4.12. The number of furan rings is 1. The first-order valence-corrected chi connectivity index (χ1v) is 10.0. The molecule has 0 radical (unpaired) electrons. The Hall–Kier alpha value is -2.48. The van der Waals surface area contributed by atoms with E-state index in [0.717, 1.165) is 12.0 Å². The van der Waals surface area contributed by atoms with Crippen LogP contribution < -0.4 is 5.69 Å². The van der Waals surface area contributed by atoms with E-state index in [1.54, 1.807) is 12.3 Å². The third-order valence-corrected chi connectivity index (χ3v) is 5.30. The number of aryl methyl sites for hydroxylation is 1. The molecule has 3 heterocycles. The van der Waals surface area contributed by atoms with E-state index in [1.807, 2.05) is 12.1 Å². The lowest BCUT2D eigenvalue weighted by molar-refractivity contribution is -0.0457. The summed E-state index contributed by atoms with van der Waals surface area (Å²) in [6, 6.07) is 9.97. The molecule has 0 spiro atoms. The minimum absolute atomic E-state index is 0.143. The maximum absolute atomic E-state index is 12.4. The van der Waals surface area contributed by atoms with Crippen LogP contribution in [-0.4, -0.2) is 38.6 Å². The van der Waals surface area contributed by atoms with Gasteiger partial charge in [0.15, 0.2) is 0 Å². The number of aliphatic hydroxyl groups excluding tert-OH is 1. The van der Waals surface area contributed by atoms with Gasteiger partial charge in [-0.2, -0.15) is 4.98 Å². The Labute approximate surface area is 170 Å². The number of fused-ring (bicyclic) bond motifs is 1. The number of aliphatic hydroxyl groups is 2. The number of hydrogen-bond donors (Lipinski definition) is 2. The highest BCUT2D eigenvalue weighted by Crippen LogP contribution is 2.30. The Bertz CT molecular complexity index is 1070. The topological polar surface area (TPSA) is 97.7 Å². The Kier molecular flexibility index (Phi) is 5.43. The van der Waals surface area contributed by atoms with Gasteiger partial charge >= 0.3 is 5.69 Å². The van der Waals surface area contributed by atoms with E-state index in [1.165, 1.54) is 29.4 Å². The Morgan fingerprint density at radius 2 is 2.10 bits per heavy atom. The second-order valence-corrected chi connectivity index (χ2v) is 7.41. The molecule has 1 saturated heterocycles. The molecule has 1 aliphatic heterocycles. The zero-order chi connectivity index (χ0) is 21.3. The molecule has 0 saturated carbocycles. The molecule has 3 atom stereocenters. The minimum Gasteiger partial charge on any atom is -0.437 e. The van der Waals surface area contributed by atoms with Crippen LogP contribution in [0.5, 0.6) is 0 Å². The van der Waals surface area contributed by atoms with Crippen molar-refractivity contribution in [2.75, 3.05) is 6.61 Å². The number of benzene rings is 1. The molecule has 0 bridgehead atoms. The van der Waals surface area contributed by atoms with Gasteiger partial charge in [0, 0.05) is 18.2 Å². The zero-order valence-corrected chi connectivity index (χ0v) is 16.4. The average Bonchev–Trinajstić information content (AvgIpc) is 3.27.